The van der Waals surface area contributed by atoms with Crippen molar-refractivity contribution in [3.8, 4) is 0 Å². The Balaban J connectivity index is 2.53. The van der Waals surface area contributed by atoms with E-state index in [2.05, 4.69) is 0 Å². The minimum Gasteiger partial charge on any atom is -0.468 e. The van der Waals surface area contributed by atoms with Gasteiger partial charge in [-0.15, -0.1) is 0 Å². The molecule has 0 radical (unpaired) electrons. The van der Waals surface area contributed by atoms with Crippen LogP contribution in [0.4, 0.5) is 0 Å². The minimum atomic E-state index is -1.50. The zero-order chi connectivity index (χ0) is 18.1. The number of hydrogen-bond donors (Lipinski definition) is 0. The van der Waals surface area contributed by atoms with E-state index in [9.17, 15) is 14.4 Å². The Bertz CT molecular complexity index is 585. The highest BCUT2D eigenvalue weighted by atomic mass is 16.5. The van der Waals surface area contributed by atoms with Crippen LogP contribution in [0.15, 0.2) is 23.8 Å². The molecular weight excluding hydrogens is 312 g/mol. The van der Waals surface area contributed by atoms with Crippen molar-refractivity contribution in [2.24, 2.45) is 23.2 Å². The largest absolute Gasteiger partial charge is 0.468 e. The number of carbonyl (C=O) groups excluding carboxylic acids is 3. The van der Waals surface area contributed by atoms with Crippen LogP contribution in [0.5, 0.6) is 0 Å². The lowest BCUT2D eigenvalue weighted by Crippen LogP contribution is -2.47. The van der Waals surface area contributed by atoms with Gasteiger partial charge in [-0.25, -0.2) is 0 Å². The van der Waals surface area contributed by atoms with Crippen molar-refractivity contribution in [1.82, 2.24) is 0 Å². The second-order valence-corrected chi connectivity index (χ2v) is 6.55. The van der Waals surface area contributed by atoms with E-state index in [1.165, 1.54) is 21.1 Å². The lowest BCUT2D eigenvalue weighted by atomic mass is 9.69. The quantitative estimate of drug-likeness (QED) is 0.338. The summed E-state index contributed by atoms with van der Waals surface area (Å²) in [7, 11) is 2.51. The molecule has 132 valence electrons. The van der Waals surface area contributed by atoms with E-state index in [0.29, 0.717) is 6.42 Å². The van der Waals surface area contributed by atoms with Crippen molar-refractivity contribution in [3.05, 3.63) is 23.8 Å². The first-order valence-corrected chi connectivity index (χ1v) is 8.02. The van der Waals surface area contributed by atoms with E-state index in [1.807, 2.05) is 26.0 Å². The summed E-state index contributed by atoms with van der Waals surface area (Å²) in [5, 5.41) is 0. The number of allylic oxidation sites excluding steroid dienone is 2. The van der Waals surface area contributed by atoms with Gasteiger partial charge in [-0.05, 0) is 18.4 Å². The zero-order valence-corrected chi connectivity index (χ0v) is 14.7. The Morgan fingerprint density at radius 1 is 1.12 bits per heavy atom. The molecule has 0 unspecified atom stereocenters. The van der Waals surface area contributed by atoms with Crippen LogP contribution in [0.3, 0.4) is 0 Å². The number of methoxy groups -OCH3 is 2. The first-order chi connectivity index (χ1) is 11.3. The van der Waals surface area contributed by atoms with Gasteiger partial charge in [-0.1, -0.05) is 31.6 Å². The predicted octanol–water partition coefficient (Wildman–Crippen LogP) is 2.04. The van der Waals surface area contributed by atoms with Crippen molar-refractivity contribution < 1.29 is 28.6 Å². The van der Waals surface area contributed by atoms with E-state index in [-0.39, 0.29) is 11.8 Å². The minimum absolute atomic E-state index is 0.0880. The molecule has 2 aliphatic carbocycles. The van der Waals surface area contributed by atoms with E-state index < -0.39 is 35.3 Å². The van der Waals surface area contributed by atoms with Gasteiger partial charge >= 0.3 is 17.9 Å². The van der Waals surface area contributed by atoms with Crippen molar-refractivity contribution >= 4 is 17.9 Å². The average molecular weight is 336 g/mol. The topological polar surface area (TPSA) is 78.9 Å². The fourth-order valence-electron chi connectivity index (χ4n) is 3.83. The molecule has 6 heteroatoms. The SMILES string of the molecule is COC(=O)C1(C(=O)OC)C=C(C(C)C)[C@H]2C=C[C@H](OC(C)=O)C[C@H]21. The van der Waals surface area contributed by atoms with Crippen molar-refractivity contribution in [3.63, 3.8) is 0 Å². The summed E-state index contributed by atoms with van der Waals surface area (Å²) in [5.74, 6) is -2.02. The van der Waals surface area contributed by atoms with Gasteiger partial charge in [0.05, 0.1) is 14.2 Å². The summed E-state index contributed by atoms with van der Waals surface area (Å²) in [6.07, 6.45) is 5.32. The smallest absolute Gasteiger partial charge is 0.327 e. The fourth-order valence-corrected chi connectivity index (χ4v) is 3.83. The van der Waals surface area contributed by atoms with Gasteiger partial charge in [0.25, 0.3) is 0 Å². The Morgan fingerprint density at radius 3 is 2.17 bits per heavy atom. The molecule has 0 bridgehead atoms. The number of rotatable bonds is 4. The Hall–Kier alpha value is -2.11. The number of carbonyl (C=O) groups is 3. The highest BCUT2D eigenvalue weighted by Crippen LogP contribution is 2.53. The third-order valence-corrected chi connectivity index (χ3v) is 4.85. The lowest BCUT2D eigenvalue weighted by Gasteiger charge is -2.36. The zero-order valence-electron chi connectivity index (χ0n) is 14.7. The van der Waals surface area contributed by atoms with Gasteiger partial charge in [0.1, 0.15) is 6.10 Å². The van der Waals surface area contributed by atoms with Gasteiger partial charge in [0, 0.05) is 18.8 Å². The molecule has 2 rings (SSSR count). The van der Waals surface area contributed by atoms with Crippen LogP contribution >= 0.6 is 0 Å². The molecule has 0 amide bonds. The molecule has 0 saturated carbocycles. The van der Waals surface area contributed by atoms with Crippen LogP contribution in [0, 0.1) is 23.2 Å². The molecule has 0 spiro atoms. The van der Waals surface area contributed by atoms with E-state index in [4.69, 9.17) is 14.2 Å². The summed E-state index contributed by atoms with van der Waals surface area (Å²) < 4.78 is 15.1. The van der Waals surface area contributed by atoms with Crippen LogP contribution in [0.2, 0.25) is 0 Å². The third kappa shape index (κ3) is 2.85. The summed E-state index contributed by atoms with van der Waals surface area (Å²) in [6.45, 7) is 5.36. The van der Waals surface area contributed by atoms with E-state index in [1.54, 1.807) is 6.08 Å². The fraction of sp³-hybridized carbons (Fsp3) is 0.611. The summed E-state index contributed by atoms with van der Waals surface area (Å²) in [5.41, 5.74) is -0.509. The standard InChI is InChI=1S/C18H24O6/c1-10(2)14-9-18(16(20)22-4,17(21)23-5)15-8-12(24-11(3)19)6-7-13(14)15/h6-7,9-10,12-13,15H,8H2,1-5H3/t12-,13+,15+/m0/s1. The van der Waals surface area contributed by atoms with Gasteiger partial charge in [-0.3, -0.25) is 14.4 Å². The van der Waals surface area contributed by atoms with E-state index in [0.717, 1.165) is 5.57 Å². The number of hydrogen-bond acceptors (Lipinski definition) is 6. The van der Waals surface area contributed by atoms with Crippen molar-refractivity contribution in [2.75, 3.05) is 14.2 Å². The van der Waals surface area contributed by atoms with Crippen LogP contribution in [-0.4, -0.2) is 38.2 Å². The Kier molecular flexibility index (Phi) is 5.16. The van der Waals surface area contributed by atoms with Crippen molar-refractivity contribution in [2.45, 2.75) is 33.3 Å². The molecule has 0 aliphatic heterocycles. The molecular formula is C18H24O6. The monoisotopic (exact) mass is 336 g/mol. The van der Waals surface area contributed by atoms with Crippen LogP contribution in [-0.2, 0) is 28.6 Å². The van der Waals surface area contributed by atoms with Crippen LogP contribution in [0.25, 0.3) is 0 Å². The third-order valence-electron chi connectivity index (χ3n) is 4.85. The highest BCUT2D eigenvalue weighted by molar-refractivity contribution is 6.03. The second kappa shape index (κ2) is 6.79. The normalized spacial score (nSPS) is 27.2. The molecule has 3 atom stereocenters. The summed E-state index contributed by atoms with van der Waals surface area (Å²) in [6, 6.07) is 0. The maximum absolute atomic E-state index is 12.6. The summed E-state index contributed by atoms with van der Waals surface area (Å²) in [4.78, 5) is 36.4. The Labute approximate surface area is 141 Å². The van der Waals surface area contributed by atoms with Gasteiger partial charge in [0.15, 0.2) is 5.41 Å². The van der Waals surface area contributed by atoms with Gasteiger partial charge in [-0.2, -0.15) is 0 Å². The first kappa shape index (κ1) is 18.2. The number of esters is 3. The number of ether oxygens (including phenoxy) is 3. The van der Waals surface area contributed by atoms with E-state index >= 15 is 0 Å². The summed E-state index contributed by atoms with van der Waals surface area (Å²) >= 11 is 0. The molecule has 0 fully saturated rings. The molecule has 0 aromatic carbocycles. The highest BCUT2D eigenvalue weighted by Gasteiger charge is 2.60. The predicted molar refractivity (Wildman–Crippen MR) is 85.7 cm³/mol. The molecule has 6 nitrogen and oxygen atoms in total. The molecule has 2 aliphatic rings. The van der Waals surface area contributed by atoms with Crippen LogP contribution < -0.4 is 0 Å². The van der Waals surface area contributed by atoms with Crippen molar-refractivity contribution in [1.29, 1.82) is 0 Å². The molecule has 0 aromatic rings. The van der Waals surface area contributed by atoms with Crippen LogP contribution in [0.1, 0.15) is 27.2 Å². The molecule has 0 heterocycles. The first-order valence-electron chi connectivity index (χ1n) is 8.02. The maximum Gasteiger partial charge on any atom is 0.327 e. The molecule has 0 aromatic heterocycles. The van der Waals surface area contributed by atoms with Gasteiger partial charge < -0.3 is 14.2 Å². The second-order valence-electron chi connectivity index (χ2n) is 6.55. The maximum atomic E-state index is 12.6. The lowest BCUT2D eigenvalue weighted by molar-refractivity contribution is -0.170. The molecule has 24 heavy (non-hydrogen) atoms. The molecule has 0 saturated heterocycles. The van der Waals surface area contributed by atoms with Gasteiger partial charge in [0.2, 0.25) is 0 Å². The average Bonchev–Trinajstić information content (AvgIpc) is 2.88. The Morgan fingerprint density at radius 2 is 1.71 bits per heavy atom. The molecule has 0 N–H and O–H groups in total. The number of fused-ring (bicyclic) bond motifs is 1.